The fourth-order valence-corrected chi connectivity index (χ4v) is 2.83. The van der Waals surface area contributed by atoms with Crippen molar-refractivity contribution in [3.63, 3.8) is 0 Å². The van der Waals surface area contributed by atoms with E-state index in [1.807, 2.05) is 0 Å². The highest BCUT2D eigenvalue weighted by Gasteiger charge is 2.13. The van der Waals surface area contributed by atoms with E-state index in [1.165, 1.54) is 50.8 Å². The molecule has 1 N–H and O–H groups in total. The topological polar surface area (TPSA) is 28.4 Å². The molecule has 0 bridgehead atoms. The second-order valence-corrected chi connectivity index (χ2v) is 6.40. The molecule has 3 heteroatoms. The van der Waals surface area contributed by atoms with Crippen LogP contribution in [0.3, 0.4) is 0 Å². The Morgan fingerprint density at radius 2 is 1.80 bits per heavy atom. The molecule has 20 heavy (non-hydrogen) atoms. The predicted octanol–water partition coefficient (Wildman–Crippen LogP) is 3.85. The molecule has 1 aliphatic heterocycles. The molecule has 0 unspecified atom stereocenters. The Bertz CT molecular complexity index is 390. The molecule has 0 radical (unpaired) electrons. The quantitative estimate of drug-likeness (QED) is 0.886. The van der Waals surface area contributed by atoms with E-state index in [4.69, 9.17) is 4.42 Å². The molecule has 0 aromatic carbocycles. The third-order valence-electron chi connectivity index (χ3n) is 4.07. The second-order valence-electron chi connectivity index (χ2n) is 6.40. The summed E-state index contributed by atoms with van der Waals surface area (Å²) in [6.07, 6.45) is 6.86. The molecule has 1 fully saturated rings. The average molecular weight is 278 g/mol. The fraction of sp³-hybridized carbons (Fsp3) is 0.765. The maximum absolute atomic E-state index is 6.04. The van der Waals surface area contributed by atoms with E-state index in [2.05, 4.69) is 37.1 Å². The molecule has 2 heterocycles. The van der Waals surface area contributed by atoms with Gasteiger partial charge in [0, 0.05) is 6.04 Å². The lowest BCUT2D eigenvalue weighted by Crippen LogP contribution is -2.26. The first-order chi connectivity index (χ1) is 9.65. The Kier molecular flexibility index (Phi) is 6.11. The largest absolute Gasteiger partial charge is 0.463 e. The maximum atomic E-state index is 6.04. The Hall–Kier alpha value is -0.800. The van der Waals surface area contributed by atoms with E-state index in [0.29, 0.717) is 6.04 Å². The molecular formula is C17H30N2O. The van der Waals surface area contributed by atoms with Crippen LogP contribution in [0.25, 0.3) is 0 Å². The lowest BCUT2D eigenvalue weighted by Gasteiger charge is -2.23. The van der Waals surface area contributed by atoms with Gasteiger partial charge >= 0.3 is 0 Å². The molecule has 0 spiro atoms. The molecular weight excluding hydrogens is 248 g/mol. The van der Waals surface area contributed by atoms with Crippen LogP contribution in [0.15, 0.2) is 10.5 Å². The van der Waals surface area contributed by atoms with Crippen LogP contribution in [0.1, 0.15) is 63.0 Å². The Morgan fingerprint density at radius 1 is 1.15 bits per heavy atom. The van der Waals surface area contributed by atoms with Crippen molar-refractivity contribution in [2.75, 3.05) is 13.1 Å². The summed E-state index contributed by atoms with van der Waals surface area (Å²) in [5.74, 6) is 2.23. The minimum Gasteiger partial charge on any atom is -0.463 e. The van der Waals surface area contributed by atoms with Crippen molar-refractivity contribution in [1.29, 1.82) is 0 Å². The summed E-state index contributed by atoms with van der Waals surface area (Å²) in [4.78, 5) is 2.55. The monoisotopic (exact) mass is 278 g/mol. The molecule has 0 atom stereocenters. The Balaban J connectivity index is 1.89. The SMILES string of the molecule is Cc1cc(CN2CCCCCCC2)oc1CNC(C)C. The number of rotatable bonds is 5. The van der Waals surface area contributed by atoms with Crippen LogP contribution in [0.2, 0.25) is 0 Å². The zero-order valence-corrected chi connectivity index (χ0v) is 13.4. The molecule has 2 rings (SSSR count). The van der Waals surface area contributed by atoms with Crippen molar-refractivity contribution >= 4 is 0 Å². The van der Waals surface area contributed by atoms with Gasteiger partial charge in [-0.25, -0.2) is 0 Å². The van der Waals surface area contributed by atoms with Crippen LogP contribution < -0.4 is 5.32 Å². The summed E-state index contributed by atoms with van der Waals surface area (Å²) in [5, 5.41) is 3.43. The normalized spacial score (nSPS) is 18.2. The van der Waals surface area contributed by atoms with Gasteiger partial charge in [-0.1, -0.05) is 33.1 Å². The number of aryl methyl sites for hydroxylation is 1. The molecule has 0 saturated carbocycles. The lowest BCUT2D eigenvalue weighted by molar-refractivity contribution is 0.220. The Morgan fingerprint density at radius 3 is 2.45 bits per heavy atom. The molecule has 0 aliphatic carbocycles. The summed E-state index contributed by atoms with van der Waals surface area (Å²) in [7, 11) is 0. The van der Waals surface area contributed by atoms with Crippen molar-refractivity contribution in [2.45, 2.75) is 72.0 Å². The van der Waals surface area contributed by atoms with Gasteiger partial charge in [-0.05, 0) is 44.5 Å². The Labute approximate surface area is 123 Å². The first-order valence-electron chi connectivity index (χ1n) is 8.19. The molecule has 1 aromatic rings. The van der Waals surface area contributed by atoms with E-state index >= 15 is 0 Å². The van der Waals surface area contributed by atoms with Gasteiger partial charge in [-0.2, -0.15) is 0 Å². The van der Waals surface area contributed by atoms with E-state index in [9.17, 15) is 0 Å². The number of hydrogen-bond acceptors (Lipinski definition) is 3. The maximum Gasteiger partial charge on any atom is 0.120 e. The minimum atomic E-state index is 0.498. The highest BCUT2D eigenvalue weighted by molar-refractivity contribution is 5.20. The van der Waals surface area contributed by atoms with Crippen molar-refractivity contribution in [3.8, 4) is 0 Å². The van der Waals surface area contributed by atoms with Crippen molar-refractivity contribution < 1.29 is 4.42 Å². The summed E-state index contributed by atoms with van der Waals surface area (Å²) in [6, 6.07) is 2.72. The summed E-state index contributed by atoms with van der Waals surface area (Å²) in [6.45, 7) is 10.7. The van der Waals surface area contributed by atoms with Gasteiger partial charge in [0.15, 0.2) is 0 Å². The van der Waals surface area contributed by atoms with Crippen LogP contribution in [-0.4, -0.2) is 24.0 Å². The fourth-order valence-electron chi connectivity index (χ4n) is 2.83. The summed E-state index contributed by atoms with van der Waals surface area (Å²) in [5.41, 5.74) is 1.28. The zero-order valence-electron chi connectivity index (χ0n) is 13.4. The van der Waals surface area contributed by atoms with Gasteiger partial charge in [0.25, 0.3) is 0 Å². The van der Waals surface area contributed by atoms with Gasteiger partial charge in [-0.15, -0.1) is 0 Å². The number of hydrogen-bond donors (Lipinski definition) is 1. The second kappa shape index (κ2) is 7.84. The van der Waals surface area contributed by atoms with Crippen molar-refractivity contribution in [3.05, 3.63) is 23.2 Å². The first kappa shape index (κ1) is 15.6. The standard InChI is InChI=1S/C17H30N2O/c1-14(2)18-12-17-15(3)11-16(20-17)13-19-9-7-5-4-6-8-10-19/h11,14,18H,4-10,12-13H2,1-3H3. The third-order valence-corrected chi connectivity index (χ3v) is 4.07. The van der Waals surface area contributed by atoms with Gasteiger partial charge in [0.05, 0.1) is 13.1 Å². The van der Waals surface area contributed by atoms with E-state index in [-0.39, 0.29) is 0 Å². The molecule has 114 valence electrons. The number of furan rings is 1. The highest BCUT2D eigenvalue weighted by atomic mass is 16.3. The predicted molar refractivity (Wildman–Crippen MR) is 83.8 cm³/mol. The molecule has 1 aliphatic rings. The summed E-state index contributed by atoms with van der Waals surface area (Å²) >= 11 is 0. The molecule has 1 aromatic heterocycles. The van der Waals surface area contributed by atoms with E-state index in [0.717, 1.165) is 24.6 Å². The molecule has 0 amide bonds. The van der Waals surface area contributed by atoms with Crippen LogP contribution in [0, 0.1) is 6.92 Å². The van der Waals surface area contributed by atoms with Crippen LogP contribution in [-0.2, 0) is 13.1 Å². The van der Waals surface area contributed by atoms with E-state index < -0.39 is 0 Å². The van der Waals surface area contributed by atoms with Crippen LogP contribution in [0.5, 0.6) is 0 Å². The van der Waals surface area contributed by atoms with Crippen LogP contribution >= 0.6 is 0 Å². The van der Waals surface area contributed by atoms with Gasteiger partial charge < -0.3 is 9.73 Å². The van der Waals surface area contributed by atoms with Crippen molar-refractivity contribution in [2.24, 2.45) is 0 Å². The molecule has 3 nitrogen and oxygen atoms in total. The van der Waals surface area contributed by atoms with Crippen LogP contribution in [0.4, 0.5) is 0 Å². The van der Waals surface area contributed by atoms with E-state index in [1.54, 1.807) is 0 Å². The summed E-state index contributed by atoms with van der Waals surface area (Å²) < 4.78 is 6.04. The number of nitrogens with one attached hydrogen (secondary N) is 1. The number of nitrogens with zero attached hydrogens (tertiary/aromatic N) is 1. The van der Waals surface area contributed by atoms with Crippen molar-refractivity contribution in [1.82, 2.24) is 10.2 Å². The third kappa shape index (κ3) is 4.95. The first-order valence-corrected chi connectivity index (χ1v) is 8.19. The smallest absolute Gasteiger partial charge is 0.120 e. The highest BCUT2D eigenvalue weighted by Crippen LogP contribution is 2.18. The zero-order chi connectivity index (χ0) is 14.4. The number of likely N-dealkylation sites (tertiary alicyclic amines) is 1. The van der Waals surface area contributed by atoms with Gasteiger partial charge in [0.2, 0.25) is 0 Å². The lowest BCUT2D eigenvalue weighted by atomic mass is 10.1. The van der Waals surface area contributed by atoms with Gasteiger partial charge in [0.1, 0.15) is 11.5 Å². The average Bonchev–Trinajstić information content (AvgIpc) is 2.70. The molecule has 1 saturated heterocycles. The minimum absolute atomic E-state index is 0.498. The van der Waals surface area contributed by atoms with Gasteiger partial charge in [-0.3, -0.25) is 4.90 Å².